The minimum atomic E-state index is -0.706. The number of aromatic nitrogens is 3. The highest BCUT2D eigenvalue weighted by Gasteiger charge is 2.45. The minimum Gasteiger partial charge on any atom is -0.461 e. The van der Waals surface area contributed by atoms with Gasteiger partial charge in [-0.3, -0.25) is 4.90 Å². The Bertz CT molecular complexity index is 2010. The molecule has 0 bridgehead atoms. The summed E-state index contributed by atoms with van der Waals surface area (Å²) in [5, 5.41) is 1.39. The Balaban J connectivity index is 1.36. The number of nitrogen functional groups attached to an aromatic ring is 1. The van der Waals surface area contributed by atoms with Gasteiger partial charge < -0.3 is 20.1 Å². The maximum absolute atomic E-state index is 17.0. The normalized spacial score (nSPS) is 16.1. The van der Waals surface area contributed by atoms with Gasteiger partial charge in [-0.25, -0.2) is 18.6 Å². The molecule has 1 unspecified atom stereocenters. The standard InChI is InChI=1S/C42H52F2N6O3/c1-7-22-49(40(51)53-41(4,5)6)25-27(8-2)14-10-17-32-34-37(47-39(48-38(34)45)52-26-42-20-12-23-50(42)24-13-21-42)35(44)36(46-32)30-16-11-15-28-18-19-31(43)29(9-3)33(28)30/h3,11,15-16,18-19,27H,7-8,10,12-14,17,20-26H2,1-2,4-6H3,(H2,45,47,48). The average molecular weight is 727 g/mol. The third-order valence-corrected chi connectivity index (χ3v) is 10.8. The number of nitrogens with zero attached hydrogens (tertiary/aromatic N) is 5. The molecular formula is C42H52F2N6O3. The number of pyridine rings is 1. The van der Waals surface area contributed by atoms with E-state index in [9.17, 15) is 4.79 Å². The highest BCUT2D eigenvalue weighted by Crippen LogP contribution is 2.40. The SMILES string of the molecule is C#Cc1c(F)ccc2cccc(-c3nc(CCCC(CC)CN(CCC)C(=O)OC(C)(C)C)c4c(N)nc(OCC56CCCN5CCC6)nc4c3F)c12. The monoisotopic (exact) mass is 726 g/mol. The van der Waals surface area contributed by atoms with Crippen LogP contribution in [0.1, 0.15) is 97.2 Å². The van der Waals surface area contributed by atoms with Crippen LogP contribution in [0.5, 0.6) is 6.01 Å². The van der Waals surface area contributed by atoms with Gasteiger partial charge in [0.25, 0.3) is 0 Å². The van der Waals surface area contributed by atoms with Gasteiger partial charge in [0.05, 0.1) is 22.2 Å². The van der Waals surface area contributed by atoms with Gasteiger partial charge in [-0.1, -0.05) is 50.5 Å². The van der Waals surface area contributed by atoms with Crippen LogP contribution in [0, 0.1) is 29.9 Å². The zero-order chi connectivity index (χ0) is 37.9. The van der Waals surface area contributed by atoms with E-state index in [4.69, 9.17) is 26.6 Å². The van der Waals surface area contributed by atoms with Crippen LogP contribution in [0.4, 0.5) is 19.4 Å². The second kappa shape index (κ2) is 15.8. The number of rotatable bonds is 13. The van der Waals surface area contributed by atoms with Crippen LogP contribution in [0.15, 0.2) is 30.3 Å². The molecule has 6 rings (SSSR count). The topological polar surface area (TPSA) is 107 Å². The van der Waals surface area contributed by atoms with Gasteiger partial charge in [-0.15, -0.1) is 6.42 Å². The first-order chi connectivity index (χ1) is 25.4. The highest BCUT2D eigenvalue weighted by molar-refractivity contribution is 6.02. The molecule has 0 saturated carbocycles. The Labute approximate surface area is 311 Å². The lowest BCUT2D eigenvalue weighted by molar-refractivity contribution is 0.0215. The molecule has 2 saturated heterocycles. The van der Waals surface area contributed by atoms with Crippen LogP contribution in [0.25, 0.3) is 32.9 Å². The van der Waals surface area contributed by atoms with Crippen molar-refractivity contribution in [2.24, 2.45) is 5.92 Å². The van der Waals surface area contributed by atoms with Crippen molar-refractivity contribution >= 4 is 33.6 Å². The van der Waals surface area contributed by atoms with Crippen molar-refractivity contribution in [2.45, 2.75) is 104 Å². The smallest absolute Gasteiger partial charge is 0.410 e. The van der Waals surface area contributed by atoms with Gasteiger partial charge in [-0.05, 0) is 103 Å². The number of hydrogen-bond acceptors (Lipinski definition) is 8. The van der Waals surface area contributed by atoms with Gasteiger partial charge >= 0.3 is 12.1 Å². The molecule has 11 heteroatoms. The highest BCUT2D eigenvalue weighted by atomic mass is 19.1. The van der Waals surface area contributed by atoms with Crippen molar-refractivity contribution in [1.29, 1.82) is 0 Å². The van der Waals surface area contributed by atoms with E-state index in [-0.39, 0.29) is 46.2 Å². The predicted molar refractivity (Wildman–Crippen MR) is 206 cm³/mol. The summed E-state index contributed by atoms with van der Waals surface area (Å²) in [6.07, 6.45) is 13.3. The Hall–Kier alpha value is -4.56. The van der Waals surface area contributed by atoms with Crippen LogP contribution in [-0.2, 0) is 11.2 Å². The average Bonchev–Trinajstić information content (AvgIpc) is 3.71. The number of benzene rings is 2. The number of carbonyl (C=O) groups excluding carboxylic acids is 1. The molecule has 2 aliphatic heterocycles. The van der Waals surface area contributed by atoms with Crippen LogP contribution >= 0.6 is 0 Å². The van der Waals surface area contributed by atoms with Gasteiger partial charge in [0.2, 0.25) is 0 Å². The lowest BCUT2D eigenvalue weighted by Gasteiger charge is -2.31. The van der Waals surface area contributed by atoms with Crippen LogP contribution < -0.4 is 10.5 Å². The number of anilines is 1. The minimum absolute atomic E-state index is 0.00134. The summed E-state index contributed by atoms with van der Waals surface area (Å²) >= 11 is 0. The van der Waals surface area contributed by atoms with E-state index in [2.05, 4.69) is 27.7 Å². The fourth-order valence-electron chi connectivity index (χ4n) is 8.18. The quantitative estimate of drug-likeness (QED) is 0.137. The predicted octanol–water partition coefficient (Wildman–Crippen LogP) is 8.69. The van der Waals surface area contributed by atoms with Gasteiger partial charge in [0.15, 0.2) is 5.82 Å². The Morgan fingerprint density at radius 1 is 1.09 bits per heavy atom. The first-order valence-electron chi connectivity index (χ1n) is 19.1. The molecule has 2 aromatic carbocycles. The fourth-order valence-corrected chi connectivity index (χ4v) is 8.18. The molecule has 2 aliphatic rings. The number of terminal acetylenes is 1. The molecule has 1 atom stereocenters. The first-order valence-corrected chi connectivity index (χ1v) is 19.1. The summed E-state index contributed by atoms with van der Waals surface area (Å²) in [6.45, 7) is 13.4. The molecule has 2 fully saturated rings. The molecule has 2 aromatic heterocycles. The second-order valence-corrected chi connectivity index (χ2v) is 15.6. The molecule has 0 radical (unpaired) electrons. The summed E-state index contributed by atoms with van der Waals surface area (Å²) in [5.74, 6) is 1.47. The van der Waals surface area contributed by atoms with Crippen LogP contribution in [-0.4, -0.2) is 74.8 Å². The van der Waals surface area contributed by atoms with Gasteiger partial charge in [0.1, 0.15) is 35.1 Å². The van der Waals surface area contributed by atoms with Crippen LogP contribution in [0.2, 0.25) is 0 Å². The van der Waals surface area contributed by atoms with Crippen molar-refractivity contribution in [2.75, 3.05) is 38.5 Å². The number of ether oxygens (including phenoxy) is 2. The molecule has 282 valence electrons. The lowest BCUT2D eigenvalue weighted by Crippen LogP contribution is -2.43. The summed E-state index contributed by atoms with van der Waals surface area (Å²) in [5.41, 5.74) is 6.90. The van der Waals surface area contributed by atoms with E-state index in [1.165, 1.54) is 6.07 Å². The number of nitrogens with two attached hydrogens (primary N) is 1. The molecule has 1 amide bonds. The maximum atomic E-state index is 17.0. The third-order valence-electron chi connectivity index (χ3n) is 10.8. The number of carbonyl (C=O) groups is 1. The van der Waals surface area contributed by atoms with Crippen molar-refractivity contribution in [3.63, 3.8) is 0 Å². The maximum Gasteiger partial charge on any atom is 0.410 e. The summed E-state index contributed by atoms with van der Waals surface area (Å²) in [6, 6.07) is 8.24. The zero-order valence-electron chi connectivity index (χ0n) is 31.7. The van der Waals surface area contributed by atoms with Crippen molar-refractivity contribution in [1.82, 2.24) is 24.8 Å². The second-order valence-electron chi connectivity index (χ2n) is 15.6. The third kappa shape index (κ3) is 8.03. The van der Waals surface area contributed by atoms with E-state index in [0.717, 1.165) is 58.0 Å². The van der Waals surface area contributed by atoms with E-state index >= 15 is 8.78 Å². The van der Waals surface area contributed by atoms with Gasteiger partial charge in [0, 0.05) is 24.0 Å². The number of halogens is 2. The molecule has 0 aliphatic carbocycles. The number of fused-ring (bicyclic) bond motifs is 3. The Morgan fingerprint density at radius 3 is 2.53 bits per heavy atom. The molecule has 4 aromatic rings. The van der Waals surface area contributed by atoms with E-state index < -0.39 is 17.2 Å². The number of amides is 1. The van der Waals surface area contributed by atoms with Crippen LogP contribution in [0.3, 0.4) is 0 Å². The van der Waals surface area contributed by atoms with E-state index in [1.807, 2.05) is 33.8 Å². The van der Waals surface area contributed by atoms with E-state index in [1.54, 1.807) is 23.1 Å². The Morgan fingerprint density at radius 2 is 1.85 bits per heavy atom. The van der Waals surface area contributed by atoms with Crippen molar-refractivity contribution in [3.05, 3.63) is 53.2 Å². The van der Waals surface area contributed by atoms with Crippen molar-refractivity contribution < 1.29 is 23.0 Å². The molecule has 2 N–H and O–H groups in total. The molecule has 0 spiro atoms. The molecule has 4 heterocycles. The molecular weight excluding hydrogens is 674 g/mol. The fraction of sp³-hybridized carbons (Fsp3) is 0.524. The zero-order valence-corrected chi connectivity index (χ0v) is 31.7. The van der Waals surface area contributed by atoms with E-state index in [0.29, 0.717) is 60.0 Å². The largest absolute Gasteiger partial charge is 0.461 e. The van der Waals surface area contributed by atoms with Gasteiger partial charge in [-0.2, -0.15) is 9.97 Å². The lowest BCUT2D eigenvalue weighted by atomic mass is 9.94. The number of hydrogen-bond donors (Lipinski definition) is 1. The molecule has 53 heavy (non-hydrogen) atoms. The summed E-state index contributed by atoms with van der Waals surface area (Å²) in [4.78, 5) is 31.3. The number of aryl methyl sites for hydroxylation is 1. The first kappa shape index (κ1) is 38.2. The Kier molecular flexibility index (Phi) is 11.4. The summed E-state index contributed by atoms with van der Waals surface area (Å²) < 4.78 is 43.9. The molecule has 9 nitrogen and oxygen atoms in total. The summed E-state index contributed by atoms with van der Waals surface area (Å²) in [7, 11) is 0. The van der Waals surface area contributed by atoms with Crippen molar-refractivity contribution in [3.8, 4) is 29.6 Å².